The number of aromatic nitrogens is 1. The summed E-state index contributed by atoms with van der Waals surface area (Å²) in [7, 11) is 0. The number of nitrogens with zero attached hydrogens (tertiary/aromatic N) is 2. The Balaban J connectivity index is 1.99. The van der Waals surface area contributed by atoms with Crippen molar-refractivity contribution >= 4 is 5.82 Å². The molecule has 0 saturated carbocycles. The number of aryl methyl sites for hydroxylation is 1. The first kappa shape index (κ1) is 15.3. The van der Waals surface area contributed by atoms with Gasteiger partial charge >= 0.3 is 0 Å². The maximum atomic E-state index is 4.71. The number of piperidine rings is 1. The number of nitrogens with one attached hydrogen (secondary N) is 1. The topological polar surface area (TPSA) is 28.2 Å². The molecule has 1 fully saturated rings. The van der Waals surface area contributed by atoms with Gasteiger partial charge in [0, 0.05) is 25.8 Å². The quantitative estimate of drug-likeness (QED) is 0.833. The molecule has 112 valence electrons. The Labute approximate surface area is 123 Å². The van der Waals surface area contributed by atoms with Gasteiger partial charge in [-0.1, -0.05) is 20.8 Å². The lowest BCUT2D eigenvalue weighted by molar-refractivity contribution is 0.279. The summed E-state index contributed by atoms with van der Waals surface area (Å²) in [6.07, 6.45) is 5.72. The minimum absolute atomic E-state index is 0.494. The van der Waals surface area contributed by atoms with Crippen LogP contribution in [0.25, 0.3) is 0 Å². The van der Waals surface area contributed by atoms with E-state index in [1.54, 1.807) is 0 Å². The van der Waals surface area contributed by atoms with E-state index in [4.69, 9.17) is 4.98 Å². The van der Waals surface area contributed by atoms with Crippen molar-refractivity contribution in [2.75, 3.05) is 24.5 Å². The number of pyridine rings is 1. The maximum Gasteiger partial charge on any atom is 0.131 e. The monoisotopic (exact) mass is 275 g/mol. The van der Waals surface area contributed by atoms with Gasteiger partial charge in [-0.2, -0.15) is 0 Å². The van der Waals surface area contributed by atoms with E-state index in [2.05, 4.69) is 44.0 Å². The van der Waals surface area contributed by atoms with Crippen LogP contribution >= 0.6 is 0 Å². The number of anilines is 1. The van der Waals surface area contributed by atoms with Crippen molar-refractivity contribution < 1.29 is 0 Å². The Morgan fingerprint density at radius 3 is 2.60 bits per heavy atom. The van der Waals surface area contributed by atoms with Crippen LogP contribution in [0, 0.1) is 12.3 Å². The van der Waals surface area contributed by atoms with Crippen LogP contribution in [-0.2, 0) is 6.54 Å². The van der Waals surface area contributed by atoms with E-state index in [-0.39, 0.29) is 0 Å². The zero-order valence-corrected chi connectivity index (χ0v) is 13.5. The molecule has 1 N–H and O–H groups in total. The molecule has 0 bridgehead atoms. The molecule has 20 heavy (non-hydrogen) atoms. The molecule has 3 nitrogen and oxygen atoms in total. The van der Waals surface area contributed by atoms with Crippen molar-refractivity contribution in [3.8, 4) is 0 Å². The highest BCUT2D eigenvalue weighted by molar-refractivity contribution is 5.47. The van der Waals surface area contributed by atoms with Crippen LogP contribution in [-0.4, -0.2) is 24.6 Å². The van der Waals surface area contributed by atoms with Gasteiger partial charge < -0.3 is 10.2 Å². The van der Waals surface area contributed by atoms with Crippen molar-refractivity contribution in [3.63, 3.8) is 0 Å². The van der Waals surface area contributed by atoms with Crippen LogP contribution in [0.2, 0.25) is 0 Å². The van der Waals surface area contributed by atoms with Gasteiger partial charge in [0.1, 0.15) is 5.82 Å². The van der Waals surface area contributed by atoms with Crippen molar-refractivity contribution in [2.24, 2.45) is 5.41 Å². The van der Waals surface area contributed by atoms with Crippen LogP contribution < -0.4 is 10.2 Å². The molecule has 2 heterocycles. The second-order valence-corrected chi connectivity index (χ2v) is 6.81. The third-order valence-corrected chi connectivity index (χ3v) is 4.28. The van der Waals surface area contributed by atoms with Gasteiger partial charge in [0.05, 0.1) is 0 Å². The summed E-state index contributed by atoms with van der Waals surface area (Å²) in [6.45, 7) is 13.4. The molecule has 1 aromatic heterocycles. The lowest BCUT2D eigenvalue weighted by atomic mass is 9.82. The summed E-state index contributed by atoms with van der Waals surface area (Å²) in [4.78, 5) is 7.16. The van der Waals surface area contributed by atoms with E-state index in [0.29, 0.717) is 5.41 Å². The molecule has 0 amide bonds. The smallest absolute Gasteiger partial charge is 0.131 e. The fourth-order valence-corrected chi connectivity index (χ4v) is 2.79. The van der Waals surface area contributed by atoms with Crippen LogP contribution in [0.15, 0.2) is 12.3 Å². The number of hydrogen-bond acceptors (Lipinski definition) is 3. The predicted molar refractivity (Wildman–Crippen MR) is 86.2 cm³/mol. The van der Waals surface area contributed by atoms with Gasteiger partial charge in [-0.3, -0.25) is 0 Å². The minimum atomic E-state index is 0.494. The number of rotatable bonds is 5. The molecule has 0 radical (unpaired) electrons. The fraction of sp³-hybridized carbons (Fsp3) is 0.706. The molecular formula is C17H29N3. The molecule has 1 saturated heterocycles. The molecule has 2 rings (SSSR count). The van der Waals surface area contributed by atoms with E-state index in [9.17, 15) is 0 Å². The first-order chi connectivity index (χ1) is 9.52. The fourth-order valence-electron chi connectivity index (χ4n) is 2.79. The molecule has 1 aromatic rings. The van der Waals surface area contributed by atoms with Gasteiger partial charge in [0.2, 0.25) is 0 Å². The summed E-state index contributed by atoms with van der Waals surface area (Å²) in [5.74, 6) is 1.18. The Kier molecular flexibility index (Phi) is 5.03. The van der Waals surface area contributed by atoms with E-state index in [0.717, 1.165) is 26.2 Å². The first-order valence-corrected chi connectivity index (χ1v) is 7.93. The highest BCUT2D eigenvalue weighted by Crippen LogP contribution is 2.32. The zero-order chi connectivity index (χ0) is 14.6. The lowest BCUT2D eigenvalue weighted by Crippen LogP contribution is -2.38. The normalized spacial score (nSPS) is 18.3. The third-order valence-electron chi connectivity index (χ3n) is 4.28. The zero-order valence-electron chi connectivity index (χ0n) is 13.5. The molecule has 0 atom stereocenters. The van der Waals surface area contributed by atoms with Crippen LogP contribution in [0.1, 0.15) is 51.2 Å². The van der Waals surface area contributed by atoms with Gasteiger partial charge in [-0.15, -0.1) is 0 Å². The van der Waals surface area contributed by atoms with E-state index in [1.165, 1.54) is 36.2 Å². The largest absolute Gasteiger partial charge is 0.356 e. The second-order valence-electron chi connectivity index (χ2n) is 6.81. The predicted octanol–water partition coefficient (Wildman–Crippen LogP) is 3.52. The third kappa shape index (κ3) is 3.95. The SMILES string of the molecule is CCCNCc1cnc(N2CCC(C)(C)CC2)c(C)c1. The Bertz CT molecular complexity index is 430. The van der Waals surface area contributed by atoms with Crippen LogP contribution in [0.4, 0.5) is 5.82 Å². The van der Waals surface area contributed by atoms with Gasteiger partial charge in [0.15, 0.2) is 0 Å². The summed E-state index contributed by atoms with van der Waals surface area (Å²) >= 11 is 0. The lowest BCUT2D eigenvalue weighted by Gasteiger charge is -2.38. The molecular weight excluding hydrogens is 246 g/mol. The maximum absolute atomic E-state index is 4.71. The van der Waals surface area contributed by atoms with Gasteiger partial charge in [-0.25, -0.2) is 4.98 Å². The molecule has 3 heteroatoms. The van der Waals surface area contributed by atoms with Crippen molar-refractivity contribution in [3.05, 3.63) is 23.4 Å². The van der Waals surface area contributed by atoms with Crippen molar-refractivity contribution in [1.82, 2.24) is 10.3 Å². The van der Waals surface area contributed by atoms with Crippen LogP contribution in [0.5, 0.6) is 0 Å². The number of hydrogen-bond donors (Lipinski definition) is 1. The van der Waals surface area contributed by atoms with E-state index >= 15 is 0 Å². The molecule has 0 unspecified atom stereocenters. The summed E-state index contributed by atoms with van der Waals surface area (Å²) in [5, 5.41) is 3.43. The summed E-state index contributed by atoms with van der Waals surface area (Å²) < 4.78 is 0. The molecule has 0 aliphatic carbocycles. The minimum Gasteiger partial charge on any atom is -0.356 e. The van der Waals surface area contributed by atoms with Crippen molar-refractivity contribution in [1.29, 1.82) is 0 Å². The Hall–Kier alpha value is -1.09. The van der Waals surface area contributed by atoms with Gasteiger partial charge in [-0.05, 0) is 55.3 Å². The van der Waals surface area contributed by atoms with Gasteiger partial charge in [0.25, 0.3) is 0 Å². The Morgan fingerprint density at radius 2 is 2.00 bits per heavy atom. The van der Waals surface area contributed by atoms with E-state index < -0.39 is 0 Å². The molecule has 1 aliphatic heterocycles. The average molecular weight is 275 g/mol. The highest BCUT2D eigenvalue weighted by Gasteiger charge is 2.26. The average Bonchev–Trinajstić information content (AvgIpc) is 2.40. The molecule has 0 aromatic carbocycles. The Morgan fingerprint density at radius 1 is 1.30 bits per heavy atom. The molecule has 0 spiro atoms. The van der Waals surface area contributed by atoms with E-state index in [1.807, 2.05) is 6.20 Å². The van der Waals surface area contributed by atoms with Crippen LogP contribution in [0.3, 0.4) is 0 Å². The second kappa shape index (κ2) is 6.57. The first-order valence-electron chi connectivity index (χ1n) is 7.93. The standard InChI is InChI=1S/C17H29N3/c1-5-8-18-12-15-11-14(2)16(19-13-15)20-9-6-17(3,4)7-10-20/h11,13,18H,5-10,12H2,1-4H3. The highest BCUT2D eigenvalue weighted by atomic mass is 15.2. The summed E-state index contributed by atoms with van der Waals surface area (Å²) in [6, 6.07) is 2.28. The molecule has 1 aliphatic rings. The van der Waals surface area contributed by atoms with Crippen molar-refractivity contribution in [2.45, 2.75) is 53.5 Å². The summed E-state index contributed by atoms with van der Waals surface area (Å²) in [5.41, 5.74) is 3.09.